The molecular weight excluding hydrogens is 331 g/mol. The number of nitrogens with zero attached hydrogens (tertiary/aromatic N) is 1. The molecule has 21 heavy (non-hydrogen) atoms. The average Bonchev–Trinajstić information content (AvgIpc) is 2.53. The minimum Gasteiger partial charge on any atom is -0.371 e. The third-order valence-electron chi connectivity index (χ3n) is 3.56. The maximum absolute atomic E-state index is 4.09. The van der Waals surface area contributed by atoms with Crippen LogP contribution in [-0.2, 0) is 32.7 Å². The Balaban J connectivity index is 0.00000132. The molecule has 1 nitrogen and oxygen atoms in total. The fraction of sp³-hybridized carbons (Fsp3) is 0. The quantitative estimate of drug-likeness (QED) is 0.362. The van der Waals surface area contributed by atoms with Gasteiger partial charge in [0.1, 0.15) is 0 Å². The van der Waals surface area contributed by atoms with E-state index in [4.69, 9.17) is 0 Å². The number of pyridine rings is 1. The van der Waals surface area contributed by atoms with Gasteiger partial charge in [0.25, 0.3) is 0 Å². The number of aromatic nitrogens is 1. The van der Waals surface area contributed by atoms with Crippen molar-refractivity contribution >= 4 is 21.5 Å². The molecule has 1 heterocycles. The van der Waals surface area contributed by atoms with Crippen molar-refractivity contribution in [3.05, 3.63) is 79.1 Å². The maximum atomic E-state index is 4.09. The van der Waals surface area contributed by atoms with Crippen LogP contribution in [0, 0.1) is 12.3 Å². The summed E-state index contributed by atoms with van der Waals surface area (Å²) in [6, 6.07) is 24.2. The van der Waals surface area contributed by atoms with Crippen LogP contribution in [0.15, 0.2) is 66.9 Å². The van der Waals surface area contributed by atoms with Crippen molar-refractivity contribution in [1.82, 2.24) is 4.98 Å². The third-order valence-corrected chi connectivity index (χ3v) is 3.56. The molecule has 97 valence electrons. The van der Waals surface area contributed by atoms with Gasteiger partial charge in [-0.2, -0.15) is 18.2 Å². The number of rotatable bonds is 1. The van der Waals surface area contributed by atoms with Gasteiger partial charge in [-0.05, 0) is 10.8 Å². The van der Waals surface area contributed by atoms with Crippen LogP contribution in [0.5, 0.6) is 0 Å². The monoisotopic (exact) mass is 342 g/mol. The van der Waals surface area contributed by atoms with E-state index in [9.17, 15) is 0 Å². The van der Waals surface area contributed by atoms with Gasteiger partial charge in [-0.1, -0.05) is 48.8 Å². The molecular formula is C19H11NY-2. The van der Waals surface area contributed by atoms with Crippen molar-refractivity contribution < 1.29 is 32.7 Å². The molecule has 0 saturated carbocycles. The molecule has 0 amide bonds. The Morgan fingerprint density at radius 1 is 0.810 bits per heavy atom. The molecule has 2 heteroatoms. The Labute approximate surface area is 148 Å². The van der Waals surface area contributed by atoms with Gasteiger partial charge in [-0.15, -0.1) is 22.9 Å². The molecule has 3 aromatic carbocycles. The standard InChI is InChI=1S/C19H11N.Y/c1-2-6-15-12-19-16(11-14(15)5-1)7-3-9-18(19)17-8-4-10-20-13-17;/h1-8,10-12H;/q-2;. The molecule has 0 bridgehead atoms. The molecule has 0 fully saturated rings. The van der Waals surface area contributed by atoms with Crippen LogP contribution in [0.3, 0.4) is 0 Å². The first-order valence-electron chi connectivity index (χ1n) is 6.58. The molecule has 1 radical (unpaired) electrons. The average molecular weight is 342 g/mol. The molecule has 0 N–H and O–H groups in total. The second-order valence-electron chi connectivity index (χ2n) is 4.80. The van der Waals surface area contributed by atoms with Crippen LogP contribution in [-0.4, -0.2) is 4.98 Å². The Kier molecular flexibility index (Phi) is 4.14. The van der Waals surface area contributed by atoms with Crippen molar-refractivity contribution in [3.63, 3.8) is 0 Å². The van der Waals surface area contributed by atoms with Gasteiger partial charge in [0.15, 0.2) is 0 Å². The summed E-state index contributed by atoms with van der Waals surface area (Å²) in [5.41, 5.74) is 2.04. The summed E-state index contributed by atoms with van der Waals surface area (Å²) in [7, 11) is 0. The van der Waals surface area contributed by atoms with E-state index in [0.717, 1.165) is 11.1 Å². The summed E-state index contributed by atoms with van der Waals surface area (Å²) in [5, 5.41) is 4.90. The Morgan fingerprint density at radius 3 is 2.38 bits per heavy atom. The van der Waals surface area contributed by atoms with Gasteiger partial charge in [-0.3, -0.25) is 0 Å². The first-order valence-corrected chi connectivity index (χ1v) is 6.58. The van der Waals surface area contributed by atoms with Crippen molar-refractivity contribution in [3.8, 4) is 11.1 Å². The smallest absolute Gasteiger partial charge is 0 e. The molecule has 0 aliphatic heterocycles. The fourth-order valence-electron chi connectivity index (χ4n) is 2.59. The summed E-state index contributed by atoms with van der Waals surface area (Å²) >= 11 is 0. The van der Waals surface area contributed by atoms with E-state index < -0.39 is 0 Å². The number of benzene rings is 3. The van der Waals surface area contributed by atoms with Crippen molar-refractivity contribution in [2.45, 2.75) is 0 Å². The van der Waals surface area contributed by atoms with E-state index in [1.807, 2.05) is 18.2 Å². The van der Waals surface area contributed by atoms with E-state index in [1.54, 1.807) is 6.20 Å². The summed E-state index contributed by atoms with van der Waals surface area (Å²) in [6.45, 7) is 0. The molecule has 0 spiro atoms. The number of hydrogen-bond donors (Lipinski definition) is 0. The van der Waals surface area contributed by atoms with Crippen LogP contribution in [0.2, 0.25) is 0 Å². The minimum atomic E-state index is 0. The fourth-order valence-corrected chi connectivity index (χ4v) is 2.59. The molecule has 0 aliphatic rings. The first kappa shape index (κ1) is 14.4. The Hall–Kier alpha value is -1.57. The zero-order valence-electron chi connectivity index (χ0n) is 11.4. The molecule has 0 unspecified atom stereocenters. The zero-order valence-corrected chi connectivity index (χ0v) is 14.2. The first-order chi connectivity index (χ1) is 9.92. The van der Waals surface area contributed by atoms with Crippen LogP contribution < -0.4 is 0 Å². The van der Waals surface area contributed by atoms with Crippen LogP contribution in [0.1, 0.15) is 0 Å². The normalized spacial score (nSPS) is 10.5. The number of fused-ring (bicyclic) bond motifs is 2. The predicted octanol–water partition coefficient (Wildman–Crippen LogP) is 4.65. The summed E-state index contributed by atoms with van der Waals surface area (Å²) < 4.78 is 0. The molecule has 4 rings (SSSR count). The third kappa shape index (κ3) is 2.64. The Bertz CT molecular complexity index is 901. The van der Waals surface area contributed by atoms with E-state index in [0.29, 0.717) is 0 Å². The van der Waals surface area contributed by atoms with E-state index in [1.165, 1.54) is 21.5 Å². The minimum absolute atomic E-state index is 0. The van der Waals surface area contributed by atoms with Crippen molar-refractivity contribution in [2.75, 3.05) is 0 Å². The summed E-state index contributed by atoms with van der Waals surface area (Å²) in [6.07, 6.45) is 4.78. The number of hydrogen-bond acceptors (Lipinski definition) is 1. The molecule has 0 aliphatic carbocycles. The summed E-state index contributed by atoms with van der Waals surface area (Å²) in [4.78, 5) is 4.09. The van der Waals surface area contributed by atoms with Crippen molar-refractivity contribution in [1.29, 1.82) is 0 Å². The largest absolute Gasteiger partial charge is 0.371 e. The van der Waals surface area contributed by atoms with Gasteiger partial charge in [0.2, 0.25) is 0 Å². The second kappa shape index (κ2) is 6.05. The SMILES string of the molecule is [Y].[c-]1ncccc1-c1[c-]ccc2cc3ccccc3cc12. The second-order valence-corrected chi connectivity index (χ2v) is 4.80. The van der Waals surface area contributed by atoms with Crippen LogP contribution in [0.4, 0.5) is 0 Å². The van der Waals surface area contributed by atoms with Gasteiger partial charge in [0, 0.05) is 32.7 Å². The van der Waals surface area contributed by atoms with Gasteiger partial charge < -0.3 is 4.98 Å². The van der Waals surface area contributed by atoms with E-state index in [-0.39, 0.29) is 32.7 Å². The summed E-state index contributed by atoms with van der Waals surface area (Å²) in [5.74, 6) is 0. The molecule has 0 saturated heterocycles. The van der Waals surface area contributed by atoms with E-state index >= 15 is 0 Å². The molecule has 1 aromatic heterocycles. The zero-order chi connectivity index (χ0) is 13.4. The van der Waals surface area contributed by atoms with Gasteiger partial charge >= 0.3 is 0 Å². The van der Waals surface area contributed by atoms with Crippen LogP contribution in [0.25, 0.3) is 32.7 Å². The predicted molar refractivity (Wildman–Crippen MR) is 82.4 cm³/mol. The molecule has 4 aromatic rings. The Morgan fingerprint density at radius 2 is 1.62 bits per heavy atom. The van der Waals surface area contributed by atoms with E-state index in [2.05, 4.69) is 59.7 Å². The topological polar surface area (TPSA) is 12.9 Å². The van der Waals surface area contributed by atoms with Gasteiger partial charge in [0.05, 0.1) is 0 Å². The maximum Gasteiger partial charge on any atom is 0 e. The molecule has 0 atom stereocenters. The van der Waals surface area contributed by atoms with Gasteiger partial charge in [-0.25, -0.2) is 11.1 Å². The van der Waals surface area contributed by atoms with Crippen molar-refractivity contribution in [2.24, 2.45) is 0 Å². The van der Waals surface area contributed by atoms with Crippen LogP contribution >= 0.6 is 0 Å².